The first kappa shape index (κ1) is 18.9. The van der Waals surface area contributed by atoms with Gasteiger partial charge in [-0.05, 0) is 36.4 Å². The van der Waals surface area contributed by atoms with E-state index in [1.54, 1.807) is 28.4 Å². The summed E-state index contributed by atoms with van der Waals surface area (Å²) < 4.78 is 0. The number of carbonyl (C=O) groups excluding carboxylic acids is 2. The number of carbonyl (C=O) groups is 2. The van der Waals surface area contributed by atoms with Crippen molar-refractivity contribution in [2.75, 3.05) is 17.9 Å². The normalized spacial score (nSPS) is 16.5. The molecule has 1 saturated heterocycles. The van der Waals surface area contributed by atoms with Crippen LogP contribution in [0.4, 0.5) is 0 Å². The van der Waals surface area contributed by atoms with Crippen molar-refractivity contribution < 1.29 is 9.59 Å². The van der Waals surface area contributed by atoms with E-state index in [2.05, 4.69) is 5.32 Å². The summed E-state index contributed by atoms with van der Waals surface area (Å²) in [5, 5.41) is 2.96. The van der Waals surface area contributed by atoms with Crippen molar-refractivity contribution in [1.29, 1.82) is 0 Å². The maximum atomic E-state index is 13.0. The van der Waals surface area contributed by atoms with E-state index in [0.717, 1.165) is 16.0 Å². The molecule has 136 valence electrons. The molecule has 6 heteroatoms. The molecule has 0 saturated carbocycles. The molecule has 26 heavy (non-hydrogen) atoms. The van der Waals surface area contributed by atoms with Crippen LogP contribution in [-0.4, -0.2) is 40.6 Å². The van der Waals surface area contributed by atoms with Crippen LogP contribution in [0, 0.1) is 6.92 Å². The summed E-state index contributed by atoms with van der Waals surface area (Å²) in [4.78, 5) is 28.4. The van der Waals surface area contributed by atoms with Crippen LogP contribution < -0.4 is 5.32 Å². The molecule has 1 N–H and O–H groups in total. The molecule has 1 aliphatic heterocycles. The Morgan fingerprint density at radius 1 is 1.23 bits per heavy atom. The van der Waals surface area contributed by atoms with Crippen molar-refractivity contribution in [1.82, 2.24) is 10.2 Å². The molecular formula is C20H22N2O2S2. The molecule has 0 aromatic heterocycles. The first-order valence-electron chi connectivity index (χ1n) is 8.45. The van der Waals surface area contributed by atoms with Gasteiger partial charge < -0.3 is 10.2 Å². The van der Waals surface area contributed by atoms with Gasteiger partial charge in [0.15, 0.2) is 0 Å². The molecule has 1 fully saturated rings. The average Bonchev–Trinajstić information content (AvgIpc) is 3.17. The van der Waals surface area contributed by atoms with Gasteiger partial charge in [-0.1, -0.05) is 36.4 Å². The predicted octanol–water partition coefficient (Wildman–Crippen LogP) is 3.55. The fraction of sp³-hybridized carbons (Fsp3) is 0.300. The highest BCUT2D eigenvalue weighted by Crippen LogP contribution is 2.26. The minimum Gasteiger partial charge on any atom is -0.350 e. The Morgan fingerprint density at radius 3 is 2.73 bits per heavy atom. The highest BCUT2D eigenvalue weighted by Gasteiger charge is 2.35. The number of nitrogens with zero attached hydrogens (tertiary/aromatic N) is 1. The first-order valence-corrected chi connectivity index (χ1v) is 10.8. The topological polar surface area (TPSA) is 49.4 Å². The summed E-state index contributed by atoms with van der Waals surface area (Å²) in [5.41, 5.74) is 2.67. The van der Waals surface area contributed by atoms with Gasteiger partial charge in [-0.25, -0.2) is 0 Å². The Hall–Kier alpha value is -1.92. The van der Waals surface area contributed by atoms with Crippen LogP contribution in [0.15, 0.2) is 53.4 Å². The third kappa shape index (κ3) is 4.24. The van der Waals surface area contributed by atoms with Crippen LogP contribution in [0.2, 0.25) is 0 Å². The minimum absolute atomic E-state index is 0.0664. The lowest BCUT2D eigenvalue weighted by molar-refractivity contribution is -0.124. The SMILES string of the molecule is CSc1ccc(C)c(C(=O)N2CSCC2C(=O)NCc2ccccc2)c1. The second-order valence-corrected chi connectivity index (χ2v) is 8.05. The van der Waals surface area contributed by atoms with E-state index in [1.165, 1.54) is 0 Å². The lowest BCUT2D eigenvalue weighted by atomic mass is 10.1. The summed E-state index contributed by atoms with van der Waals surface area (Å²) in [6, 6.07) is 15.3. The Balaban J connectivity index is 1.71. The Bertz CT molecular complexity index is 796. The summed E-state index contributed by atoms with van der Waals surface area (Å²) in [5.74, 6) is 1.02. The number of nitrogens with one attached hydrogen (secondary N) is 1. The molecule has 1 atom stereocenters. The lowest BCUT2D eigenvalue weighted by Gasteiger charge is -2.24. The molecular weight excluding hydrogens is 364 g/mol. The molecule has 2 aromatic rings. The number of aryl methyl sites for hydroxylation is 1. The molecule has 1 heterocycles. The van der Waals surface area contributed by atoms with Gasteiger partial charge in [0.05, 0.1) is 5.88 Å². The Labute approximate surface area is 162 Å². The maximum absolute atomic E-state index is 13.0. The number of amides is 2. The Morgan fingerprint density at radius 2 is 2.00 bits per heavy atom. The summed E-state index contributed by atoms with van der Waals surface area (Å²) in [7, 11) is 0. The first-order chi connectivity index (χ1) is 12.6. The van der Waals surface area contributed by atoms with Crippen molar-refractivity contribution in [3.8, 4) is 0 Å². The summed E-state index contributed by atoms with van der Waals surface area (Å²) >= 11 is 3.23. The molecule has 0 spiro atoms. The van der Waals surface area contributed by atoms with E-state index in [1.807, 2.05) is 61.7 Å². The molecule has 1 unspecified atom stereocenters. The fourth-order valence-electron chi connectivity index (χ4n) is 2.88. The van der Waals surface area contributed by atoms with E-state index < -0.39 is 6.04 Å². The largest absolute Gasteiger partial charge is 0.350 e. The average molecular weight is 387 g/mol. The smallest absolute Gasteiger partial charge is 0.255 e. The van der Waals surface area contributed by atoms with Gasteiger partial charge in [-0.15, -0.1) is 23.5 Å². The zero-order chi connectivity index (χ0) is 18.5. The minimum atomic E-state index is -0.423. The number of hydrogen-bond acceptors (Lipinski definition) is 4. The van der Waals surface area contributed by atoms with Crippen LogP contribution in [0.1, 0.15) is 21.5 Å². The van der Waals surface area contributed by atoms with E-state index in [9.17, 15) is 9.59 Å². The molecule has 1 aliphatic rings. The highest BCUT2D eigenvalue weighted by molar-refractivity contribution is 7.99. The molecule has 2 amide bonds. The lowest BCUT2D eigenvalue weighted by Crippen LogP contribution is -2.47. The van der Waals surface area contributed by atoms with Gasteiger partial charge >= 0.3 is 0 Å². The van der Waals surface area contributed by atoms with Gasteiger partial charge in [0.2, 0.25) is 5.91 Å². The van der Waals surface area contributed by atoms with Gasteiger partial charge in [0.1, 0.15) is 6.04 Å². The zero-order valence-electron chi connectivity index (χ0n) is 14.9. The van der Waals surface area contributed by atoms with Crippen molar-refractivity contribution >= 4 is 35.3 Å². The number of benzene rings is 2. The molecule has 0 radical (unpaired) electrons. The van der Waals surface area contributed by atoms with Crippen LogP contribution in [-0.2, 0) is 11.3 Å². The highest BCUT2D eigenvalue weighted by atomic mass is 32.2. The molecule has 4 nitrogen and oxygen atoms in total. The molecule has 3 rings (SSSR count). The van der Waals surface area contributed by atoms with Gasteiger partial charge in [0, 0.05) is 22.8 Å². The van der Waals surface area contributed by atoms with E-state index in [-0.39, 0.29) is 11.8 Å². The van der Waals surface area contributed by atoms with Crippen LogP contribution in [0.5, 0.6) is 0 Å². The molecule has 0 bridgehead atoms. The van der Waals surface area contributed by atoms with E-state index >= 15 is 0 Å². The fourth-order valence-corrected chi connectivity index (χ4v) is 4.47. The van der Waals surface area contributed by atoms with Crippen molar-refractivity contribution in [2.24, 2.45) is 0 Å². The van der Waals surface area contributed by atoms with Crippen molar-refractivity contribution in [3.05, 3.63) is 65.2 Å². The molecule has 0 aliphatic carbocycles. The second-order valence-electron chi connectivity index (χ2n) is 6.17. The van der Waals surface area contributed by atoms with Crippen LogP contribution in [0.25, 0.3) is 0 Å². The zero-order valence-corrected chi connectivity index (χ0v) is 16.5. The molecule has 2 aromatic carbocycles. The van der Waals surface area contributed by atoms with Crippen LogP contribution >= 0.6 is 23.5 Å². The number of rotatable bonds is 5. The maximum Gasteiger partial charge on any atom is 0.255 e. The van der Waals surface area contributed by atoms with Gasteiger partial charge in [0.25, 0.3) is 5.91 Å². The summed E-state index contributed by atoms with van der Waals surface area (Å²) in [6.07, 6.45) is 1.99. The van der Waals surface area contributed by atoms with Gasteiger partial charge in [-0.3, -0.25) is 9.59 Å². The number of hydrogen-bond donors (Lipinski definition) is 1. The third-order valence-corrected chi connectivity index (χ3v) is 6.17. The van der Waals surface area contributed by atoms with Gasteiger partial charge in [-0.2, -0.15) is 0 Å². The number of thioether (sulfide) groups is 2. The summed E-state index contributed by atoms with van der Waals surface area (Å²) in [6.45, 7) is 2.41. The monoisotopic (exact) mass is 386 g/mol. The quantitative estimate of drug-likeness (QED) is 0.799. The second kappa shape index (κ2) is 8.64. The standard InChI is InChI=1S/C20H22N2O2S2/c1-14-8-9-16(25-2)10-17(14)20(24)22-13-26-12-18(22)19(23)21-11-15-6-4-3-5-7-15/h3-10,18H,11-13H2,1-2H3,(H,21,23). The van der Waals surface area contributed by atoms with Crippen LogP contribution in [0.3, 0.4) is 0 Å². The van der Waals surface area contributed by atoms with Crippen molar-refractivity contribution in [3.63, 3.8) is 0 Å². The van der Waals surface area contributed by atoms with E-state index in [4.69, 9.17) is 0 Å². The third-order valence-electron chi connectivity index (χ3n) is 4.43. The predicted molar refractivity (Wildman–Crippen MR) is 109 cm³/mol. The Kier molecular flexibility index (Phi) is 6.27. The van der Waals surface area contributed by atoms with Crippen molar-refractivity contribution in [2.45, 2.75) is 24.4 Å². The van der Waals surface area contributed by atoms with E-state index in [0.29, 0.717) is 23.7 Å².